The summed E-state index contributed by atoms with van der Waals surface area (Å²) in [6, 6.07) is 6.01. The van der Waals surface area contributed by atoms with Crippen molar-refractivity contribution in [3.8, 4) is 5.75 Å². The number of nitrogens with two attached hydrogens (primary N) is 1. The molecule has 4 heteroatoms. The minimum atomic E-state index is 0.0123. The minimum absolute atomic E-state index is 0.0123. The molecule has 2 N–H and O–H groups in total. The van der Waals surface area contributed by atoms with E-state index in [0.29, 0.717) is 0 Å². The van der Waals surface area contributed by atoms with E-state index >= 15 is 0 Å². The summed E-state index contributed by atoms with van der Waals surface area (Å²) in [6.07, 6.45) is 3.28. The largest absolute Gasteiger partial charge is 0.497 e. The molecule has 0 amide bonds. The lowest BCUT2D eigenvalue weighted by Crippen LogP contribution is -2.16. The molecule has 19 heavy (non-hydrogen) atoms. The molecule has 2 aromatic rings. The summed E-state index contributed by atoms with van der Waals surface area (Å²) in [4.78, 5) is 4.70. The number of methoxy groups -OCH3 is 1. The molecule has 1 heterocycles. The molecule has 0 aliphatic heterocycles. The molecule has 0 aliphatic rings. The monoisotopic (exact) mass is 261 g/mol. The fourth-order valence-corrected chi connectivity index (χ4v) is 2.42. The van der Waals surface area contributed by atoms with Crippen molar-refractivity contribution in [3.63, 3.8) is 0 Å². The summed E-state index contributed by atoms with van der Waals surface area (Å²) in [5.74, 6) is 1.82. The molecule has 0 radical (unpaired) electrons. The summed E-state index contributed by atoms with van der Waals surface area (Å²) in [7, 11) is 1.67. The van der Waals surface area contributed by atoms with Crippen LogP contribution in [0.25, 0.3) is 11.0 Å². The molecular formula is C15H23N3O. The van der Waals surface area contributed by atoms with Crippen molar-refractivity contribution in [1.82, 2.24) is 9.55 Å². The number of fused-ring (bicyclic) bond motifs is 1. The molecule has 2 rings (SSSR count). The molecule has 1 aromatic heterocycles. The highest BCUT2D eigenvalue weighted by Gasteiger charge is 2.16. The number of benzene rings is 1. The van der Waals surface area contributed by atoms with Crippen LogP contribution in [0, 0.1) is 0 Å². The van der Waals surface area contributed by atoms with Crippen LogP contribution in [0.3, 0.4) is 0 Å². The van der Waals surface area contributed by atoms with Crippen LogP contribution in [0.5, 0.6) is 5.75 Å². The topological polar surface area (TPSA) is 53.1 Å². The third-order valence-corrected chi connectivity index (χ3v) is 3.50. The summed E-state index contributed by atoms with van der Waals surface area (Å²) in [5.41, 5.74) is 8.37. The number of rotatable bonds is 6. The van der Waals surface area contributed by atoms with Gasteiger partial charge in [-0.25, -0.2) is 4.98 Å². The summed E-state index contributed by atoms with van der Waals surface area (Å²) >= 11 is 0. The van der Waals surface area contributed by atoms with Crippen LogP contribution in [0.2, 0.25) is 0 Å². The Hall–Kier alpha value is -1.55. The second-order valence-corrected chi connectivity index (χ2v) is 4.82. The van der Waals surface area contributed by atoms with E-state index in [2.05, 4.69) is 24.5 Å². The third-order valence-electron chi connectivity index (χ3n) is 3.50. The van der Waals surface area contributed by atoms with Crippen LogP contribution in [-0.2, 0) is 6.54 Å². The summed E-state index contributed by atoms with van der Waals surface area (Å²) in [6.45, 7) is 5.19. The van der Waals surface area contributed by atoms with Gasteiger partial charge in [-0.05, 0) is 25.5 Å². The maximum Gasteiger partial charge on any atom is 0.126 e. The van der Waals surface area contributed by atoms with Crippen molar-refractivity contribution in [2.24, 2.45) is 5.73 Å². The van der Waals surface area contributed by atoms with E-state index in [1.54, 1.807) is 7.11 Å². The molecule has 0 saturated heterocycles. The van der Waals surface area contributed by atoms with Gasteiger partial charge in [0.05, 0.1) is 24.2 Å². The zero-order chi connectivity index (χ0) is 13.8. The SMILES string of the molecule is CCCCC(N)c1nc2cc(OC)ccc2n1CC. The van der Waals surface area contributed by atoms with E-state index in [1.165, 1.54) is 0 Å². The van der Waals surface area contributed by atoms with Gasteiger partial charge in [0.2, 0.25) is 0 Å². The second-order valence-electron chi connectivity index (χ2n) is 4.82. The number of unbranched alkanes of at least 4 members (excludes halogenated alkanes) is 1. The Kier molecular flexibility index (Phi) is 4.43. The van der Waals surface area contributed by atoms with Crippen LogP contribution in [0.1, 0.15) is 45.0 Å². The lowest BCUT2D eigenvalue weighted by atomic mass is 10.1. The molecule has 0 spiro atoms. The number of ether oxygens (including phenoxy) is 1. The number of aryl methyl sites for hydroxylation is 1. The van der Waals surface area contributed by atoms with Crippen molar-refractivity contribution in [3.05, 3.63) is 24.0 Å². The normalized spacial score (nSPS) is 12.8. The fraction of sp³-hybridized carbons (Fsp3) is 0.533. The Morgan fingerprint density at radius 2 is 2.16 bits per heavy atom. The Balaban J connectivity index is 2.42. The number of nitrogens with zero attached hydrogens (tertiary/aromatic N) is 2. The third kappa shape index (κ3) is 2.73. The lowest BCUT2D eigenvalue weighted by molar-refractivity contribution is 0.415. The van der Waals surface area contributed by atoms with Crippen LogP contribution in [0.4, 0.5) is 0 Å². The first-order chi connectivity index (χ1) is 9.21. The second kappa shape index (κ2) is 6.06. The maximum atomic E-state index is 6.28. The van der Waals surface area contributed by atoms with Gasteiger partial charge in [-0.15, -0.1) is 0 Å². The zero-order valence-electron chi connectivity index (χ0n) is 12.0. The van der Waals surface area contributed by atoms with Crippen LogP contribution in [-0.4, -0.2) is 16.7 Å². The lowest BCUT2D eigenvalue weighted by Gasteiger charge is -2.12. The molecule has 0 aliphatic carbocycles. The van der Waals surface area contributed by atoms with Crippen molar-refractivity contribution in [2.75, 3.05) is 7.11 Å². The molecule has 1 atom stereocenters. The Bertz CT molecular complexity index is 548. The zero-order valence-corrected chi connectivity index (χ0v) is 12.0. The number of hydrogen-bond acceptors (Lipinski definition) is 3. The van der Waals surface area contributed by atoms with E-state index in [4.69, 9.17) is 15.5 Å². The van der Waals surface area contributed by atoms with Crippen molar-refractivity contribution in [2.45, 2.75) is 45.7 Å². The van der Waals surface area contributed by atoms with Gasteiger partial charge in [-0.2, -0.15) is 0 Å². The molecular weight excluding hydrogens is 238 g/mol. The van der Waals surface area contributed by atoms with E-state index in [9.17, 15) is 0 Å². The fourth-order valence-electron chi connectivity index (χ4n) is 2.42. The van der Waals surface area contributed by atoms with Crippen LogP contribution < -0.4 is 10.5 Å². The van der Waals surface area contributed by atoms with Gasteiger partial charge in [0.15, 0.2) is 0 Å². The first kappa shape index (κ1) is 13.9. The average Bonchev–Trinajstić information content (AvgIpc) is 2.81. The first-order valence-electron chi connectivity index (χ1n) is 7.01. The van der Waals surface area contributed by atoms with E-state index in [-0.39, 0.29) is 6.04 Å². The number of imidazole rings is 1. The number of hydrogen-bond donors (Lipinski definition) is 1. The maximum absolute atomic E-state index is 6.28. The van der Waals surface area contributed by atoms with Gasteiger partial charge in [0.1, 0.15) is 11.6 Å². The average molecular weight is 261 g/mol. The smallest absolute Gasteiger partial charge is 0.126 e. The standard InChI is InChI=1S/C15H23N3O/c1-4-6-7-12(16)15-17-13-10-11(19-3)8-9-14(13)18(15)5-2/h8-10,12H,4-7,16H2,1-3H3. The Morgan fingerprint density at radius 1 is 1.37 bits per heavy atom. The van der Waals surface area contributed by atoms with Crippen molar-refractivity contribution in [1.29, 1.82) is 0 Å². The highest BCUT2D eigenvalue weighted by molar-refractivity contribution is 5.78. The quantitative estimate of drug-likeness (QED) is 0.868. The van der Waals surface area contributed by atoms with Gasteiger partial charge >= 0.3 is 0 Å². The van der Waals surface area contributed by atoms with Gasteiger partial charge in [-0.3, -0.25) is 0 Å². The number of aromatic nitrogens is 2. The van der Waals surface area contributed by atoms with Gasteiger partial charge in [0, 0.05) is 12.6 Å². The predicted octanol–water partition coefficient (Wildman–Crippen LogP) is 3.25. The Labute approximate surface area is 114 Å². The Morgan fingerprint density at radius 3 is 2.79 bits per heavy atom. The molecule has 0 fully saturated rings. The molecule has 4 nitrogen and oxygen atoms in total. The van der Waals surface area contributed by atoms with Gasteiger partial charge in [0.25, 0.3) is 0 Å². The summed E-state index contributed by atoms with van der Waals surface area (Å²) < 4.78 is 7.45. The van der Waals surface area contributed by atoms with Crippen LogP contribution >= 0.6 is 0 Å². The summed E-state index contributed by atoms with van der Waals surface area (Å²) in [5, 5.41) is 0. The molecule has 1 aromatic carbocycles. The highest BCUT2D eigenvalue weighted by Crippen LogP contribution is 2.25. The molecule has 0 saturated carbocycles. The highest BCUT2D eigenvalue weighted by atomic mass is 16.5. The van der Waals surface area contributed by atoms with Gasteiger partial charge < -0.3 is 15.0 Å². The van der Waals surface area contributed by atoms with Gasteiger partial charge in [-0.1, -0.05) is 19.8 Å². The minimum Gasteiger partial charge on any atom is -0.497 e. The van der Waals surface area contributed by atoms with E-state index in [0.717, 1.165) is 48.4 Å². The molecule has 104 valence electrons. The predicted molar refractivity (Wildman–Crippen MR) is 78.4 cm³/mol. The van der Waals surface area contributed by atoms with E-state index in [1.807, 2.05) is 12.1 Å². The molecule has 1 unspecified atom stereocenters. The molecule has 0 bridgehead atoms. The van der Waals surface area contributed by atoms with Crippen molar-refractivity contribution >= 4 is 11.0 Å². The van der Waals surface area contributed by atoms with Crippen molar-refractivity contribution < 1.29 is 4.74 Å². The van der Waals surface area contributed by atoms with Crippen LogP contribution in [0.15, 0.2) is 18.2 Å². The van der Waals surface area contributed by atoms with E-state index < -0.39 is 0 Å². The first-order valence-corrected chi connectivity index (χ1v) is 7.01.